The summed E-state index contributed by atoms with van der Waals surface area (Å²) < 4.78 is 2.21. The Labute approximate surface area is 114 Å². The van der Waals surface area contributed by atoms with Crippen LogP contribution in [0.15, 0.2) is 18.2 Å². The van der Waals surface area contributed by atoms with Crippen LogP contribution in [-0.4, -0.2) is 16.1 Å². The predicted octanol–water partition coefficient (Wildman–Crippen LogP) is 2.86. The fourth-order valence-corrected chi connectivity index (χ4v) is 2.96. The van der Waals surface area contributed by atoms with E-state index in [-0.39, 0.29) is 10.8 Å². The van der Waals surface area contributed by atoms with E-state index in [4.69, 9.17) is 10.7 Å². The van der Waals surface area contributed by atoms with Gasteiger partial charge in [0.15, 0.2) is 0 Å². The summed E-state index contributed by atoms with van der Waals surface area (Å²) in [5, 5.41) is 0. The van der Waals surface area contributed by atoms with Crippen LogP contribution >= 0.6 is 0 Å². The number of rotatable bonds is 2. The van der Waals surface area contributed by atoms with Crippen LogP contribution in [0.3, 0.4) is 0 Å². The van der Waals surface area contributed by atoms with Crippen molar-refractivity contribution in [3.05, 3.63) is 29.6 Å². The van der Waals surface area contributed by atoms with Gasteiger partial charge >= 0.3 is 0 Å². The second-order valence-corrected chi connectivity index (χ2v) is 6.93. The summed E-state index contributed by atoms with van der Waals surface area (Å²) in [6.45, 7) is 7.36. The standard InChI is InChI=1S/C16H23N3/c1-15(2,3)14-18-12-9-11(16(10-17)7-8-16)5-6-13(12)19(14)4/h5-6,9H,7-8,10,17H2,1-4H3. The molecular formula is C16H23N3. The molecule has 0 radical (unpaired) electrons. The molecular weight excluding hydrogens is 234 g/mol. The van der Waals surface area contributed by atoms with E-state index in [9.17, 15) is 0 Å². The molecule has 1 aromatic carbocycles. The van der Waals surface area contributed by atoms with Gasteiger partial charge in [-0.3, -0.25) is 0 Å². The van der Waals surface area contributed by atoms with Gasteiger partial charge in [-0.25, -0.2) is 4.98 Å². The first-order valence-corrected chi connectivity index (χ1v) is 7.05. The van der Waals surface area contributed by atoms with Crippen molar-refractivity contribution in [2.45, 2.75) is 44.4 Å². The van der Waals surface area contributed by atoms with Crippen LogP contribution in [0.5, 0.6) is 0 Å². The number of fused-ring (bicyclic) bond motifs is 1. The molecule has 0 spiro atoms. The SMILES string of the molecule is Cn1c(C(C)(C)C)nc2cc(C3(CN)CC3)ccc21. The fourth-order valence-electron chi connectivity index (χ4n) is 2.96. The highest BCUT2D eigenvalue weighted by Crippen LogP contribution is 2.47. The van der Waals surface area contributed by atoms with Crippen LogP contribution in [0.1, 0.15) is 45.0 Å². The highest BCUT2D eigenvalue weighted by molar-refractivity contribution is 5.77. The molecule has 1 saturated carbocycles. The summed E-state index contributed by atoms with van der Waals surface area (Å²) >= 11 is 0. The lowest BCUT2D eigenvalue weighted by molar-refractivity contribution is 0.526. The minimum Gasteiger partial charge on any atom is -0.331 e. The predicted molar refractivity (Wildman–Crippen MR) is 79.4 cm³/mol. The summed E-state index contributed by atoms with van der Waals surface area (Å²) in [6.07, 6.45) is 2.43. The lowest BCUT2D eigenvalue weighted by Crippen LogP contribution is -2.19. The largest absolute Gasteiger partial charge is 0.331 e. The van der Waals surface area contributed by atoms with Crippen LogP contribution < -0.4 is 5.73 Å². The first-order valence-electron chi connectivity index (χ1n) is 7.05. The zero-order valence-electron chi connectivity index (χ0n) is 12.3. The second kappa shape index (κ2) is 3.83. The van der Waals surface area contributed by atoms with Crippen molar-refractivity contribution >= 4 is 11.0 Å². The Hall–Kier alpha value is -1.35. The normalized spacial score (nSPS) is 17.9. The molecule has 1 aromatic heterocycles. The number of nitrogens with zero attached hydrogens (tertiary/aromatic N) is 2. The summed E-state index contributed by atoms with van der Waals surface area (Å²) in [5.74, 6) is 1.14. The molecule has 0 atom stereocenters. The van der Waals surface area contributed by atoms with Crippen molar-refractivity contribution in [2.75, 3.05) is 6.54 Å². The van der Waals surface area contributed by atoms with E-state index in [1.165, 1.54) is 23.9 Å². The minimum absolute atomic E-state index is 0.0685. The van der Waals surface area contributed by atoms with E-state index < -0.39 is 0 Å². The molecule has 1 aliphatic rings. The number of benzene rings is 1. The number of aromatic nitrogens is 2. The lowest BCUT2D eigenvalue weighted by Gasteiger charge is -2.17. The number of hydrogen-bond acceptors (Lipinski definition) is 2. The molecule has 1 aliphatic carbocycles. The molecule has 3 rings (SSSR count). The van der Waals surface area contributed by atoms with Gasteiger partial charge in [-0.05, 0) is 30.5 Å². The summed E-state index contributed by atoms with van der Waals surface area (Å²) in [4.78, 5) is 4.84. The van der Waals surface area contributed by atoms with E-state index in [1.54, 1.807) is 0 Å². The molecule has 3 heteroatoms. The van der Waals surface area contributed by atoms with Crippen molar-refractivity contribution in [3.8, 4) is 0 Å². The van der Waals surface area contributed by atoms with Crippen molar-refractivity contribution in [2.24, 2.45) is 12.8 Å². The molecule has 0 saturated heterocycles. The average molecular weight is 257 g/mol. The molecule has 19 heavy (non-hydrogen) atoms. The van der Waals surface area contributed by atoms with E-state index in [0.717, 1.165) is 17.9 Å². The van der Waals surface area contributed by atoms with Gasteiger partial charge in [-0.2, -0.15) is 0 Å². The maximum Gasteiger partial charge on any atom is 0.115 e. The number of hydrogen-bond donors (Lipinski definition) is 1. The van der Waals surface area contributed by atoms with Gasteiger partial charge in [0, 0.05) is 24.4 Å². The second-order valence-electron chi connectivity index (χ2n) is 6.93. The zero-order valence-corrected chi connectivity index (χ0v) is 12.3. The van der Waals surface area contributed by atoms with Gasteiger partial charge in [-0.1, -0.05) is 26.8 Å². The highest BCUT2D eigenvalue weighted by atomic mass is 15.1. The molecule has 0 aliphatic heterocycles. The highest BCUT2D eigenvalue weighted by Gasteiger charge is 2.43. The summed E-state index contributed by atoms with van der Waals surface area (Å²) in [7, 11) is 2.10. The third-order valence-corrected chi connectivity index (χ3v) is 4.41. The maximum atomic E-state index is 5.92. The Bertz CT molecular complexity index is 627. The van der Waals surface area contributed by atoms with Gasteiger partial charge in [0.25, 0.3) is 0 Å². The van der Waals surface area contributed by atoms with Crippen molar-refractivity contribution in [1.29, 1.82) is 0 Å². The monoisotopic (exact) mass is 257 g/mol. The van der Waals surface area contributed by atoms with Crippen molar-refractivity contribution in [1.82, 2.24) is 9.55 Å². The van der Waals surface area contributed by atoms with E-state index in [2.05, 4.69) is 50.6 Å². The third kappa shape index (κ3) is 1.88. The van der Waals surface area contributed by atoms with Crippen LogP contribution in [0, 0.1) is 0 Å². The maximum absolute atomic E-state index is 5.92. The van der Waals surface area contributed by atoms with E-state index in [1.807, 2.05) is 0 Å². The van der Waals surface area contributed by atoms with Crippen LogP contribution in [0.25, 0.3) is 11.0 Å². The first-order chi connectivity index (χ1) is 8.87. The van der Waals surface area contributed by atoms with Gasteiger partial charge in [0.05, 0.1) is 11.0 Å². The Morgan fingerprint density at radius 1 is 1.32 bits per heavy atom. The van der Waals surface area contributed by atoms with Crippen LogP contribution in [0.2, 0.25) is 0 Å². The Balaban J connectivity index is 2.15. The lowest BCUT2D eigenvalue weighted by atomic mass is 9.96. The Kier molecular flexibility index (Phi) is 2.55. The molecule has 0 bridgehead atoms. The number of imidazole rings is 1. The topological polar surface area (TPSA) is 43.8 Å². The van der Waals surface area contributed by atoms with Crippen molar-refractivity contribution in [3.63, 3.8) is 0 Å². The van der Waals surface area contributed by atoms with Gasteiger partial charge < -0.3 is 10.3 Å². The number of aryl methyl sites for hydroxylation is 1. The summed E-state index contributed by atoms with van der Waals surface area (Å²) in [5.41, 5.74) is 9.91. The number of nitrogens with two attached hydrogens (primary N) is 1. The van der Waals surface area contributed by atoms with Gasteiger partial charge in [0.1, 0.15) is 5.82 Å². The molecule has 2 N–H and O–H groups in total. The van der Waals surface area contributed by atoms with E-state index in [0.29, 0.717) is 0 Å². The summed E-state index contributed by atoms with van der Waals surface area (Å²) in [6, 6.07) is 6.67. The Morgan fingerprint density at radius 2 is 2.00 bits per heavy atom. The molecule has 2 aromatic rings. The third-order valence-electron chi connectivity index (χ3n) is 4.41. The molecule has 3 nitrogen and oxygen atoms in total. The zero-order chi connectivity index (χ0) is 13.8. The van der Waals surface area contributed by atoms with Crippen LogP contribution in [0.4, 0.5) is 0 Å². The van der Waals surface area contributed by atoms with Crippen molar-refractivity contribution < 1.29 is 0 Å². The first kappa shape index (κ1) is 12.7. The average Bonchev–Trinajstić information content (AvgIpc) is 3.08. The Morgan fingerprint density at radius 3 is 2.53 bits per heavy atom. The smallest absolute Gasteiger partial charge is 0.115 e. The fraction of sp³-hybridized carbons (Fsp3) is 0.562. The van der Waals surface area contributed by atoms with Crippen LogP contribution in [-0.2, 0) is 17.9 Å². The molecule has 1 heterocycles. The molecule has 1 fully saturated rings. The molecule has 102 valence electrons. The van der Waals surface area contributed by atoms with Gasteiger partial charge in [0.2, 0.25) is 0 Å². The quantitative estimate of drug-likeness (QED) is 0.899. The molecule has 0 amide bonds. The molecule has 0 unspecified atom stereocenters. The van der Waals surface area contributed by atoms with E-state index >= 15 is 0 Å². The minimum atomic E-state index is 0.0685. The van der Waals surface area contributed by atoms with Gasteiger partial charge in [-0.15, -0.1) is 0 Å².